The summed E-state index contributed by atoms with van der Waals surface area (Å²) < 4.78 is 0. The summed E-state index contributed by atoms with van der Waals surface area (Å²) in [6.07, 6.45) is 1.55. The maximum Gasteiger partial charge on any atom is 0.254 e. The maximum atomic E-state index is 12.7. The zero-order valence-corrected chi connectivity index (χ0v) is 14.1. The van der Waals surface area contributed by atoms with Crippen molar-refractivity contribution in [2.75, 3.05) is 11.9 Å². The zero-order chi connectivity index (χ0) is 17.1. The van der Waals surface area contributed by atoms with E-state index in [0.29, 0.717) is 18.5 Å². The van der Waals surface area contributed by atoms with Crippen molar-refractivity contribution in [3.05, 3.63) is 65.2 Å². The SMILES string of the molecule is Cc1cc(C)cc(NC(=O)[C@@H]2CCCN2C(=O)c2ccccc2)c1. The summed E-state index contributed by atoms with van der Waals surface area (Å²) in [4.78, 5) is 27.0. The number of hydrogen-bond donors (Lipinski definition) is 1. The van der Waals surface area contributed by atoms with E-state index in [0.717, 1.165) is 23.2 Å². The number of hydrogen-bond acceptors (Lipinski definition) is 2. The molecule has 0 radical (unpaired) electrons. The first kappa shape index (κ1) is 16.2. The first-order valence-corrected chi connectivity index (χ1v) is 8.30. The molecular weight excluding hydrogens is 300 g/mol. The van der Waals surface area contributed by atoms with Gasteiger partial charge in [-0.25, -0.2) is 0 Å². The van der Waals surface area contributed by atoms with E-state index in [-0.39, 0.29) is 11.8 Å². The molecule has 4 nitrogen and oxygen atoms in total. The molecule has 2 aromatic carbocycles. The number of benzene rings is 2. The first-order chi connectivity index (χ1) is 11.5. The van der Waals surface area contributed by atoms with E-state index in [1.54, 1.807) is 17.0 Å². The first-order valence-electron chi connectivity index (χ1n) is 8.30. The van der Waals surface area contributed by atoms with Gasteiger partial charge in [0.05, 0.1) is 0 Å². The molecule has 1 heterocycles. The van der Waals surface area contributed by atoms with Gasteiger partial charge in [-0.05, 0) is 62.1 Å². The minimum atomic E-state index is -0.404. The molecule has 24 heavy (non-hydrogen) atoms. The third kappa shape index (κ3) is 3.48. The van der Waals surface area contributed by atoms with E-state index in [1.165, 1.54) is 0 Å². The van der Waals surface area contributed by atoms with Gasteiger partial charge >= 0.3 is 0 Å². The Kier molecular flexibility index (Phi) is 4.65. The van der Waals surface area contributed by atoms with Crippen LogP contribution in [0.15, 0.2) is 48.5 Å². The van der Waals surface area contributed by atoms with Crippen LogP contribution in [0.1, 0.15) is 34.3 Å². The third-order valence-electron chi connectivity index (χ3n) is 4.33. The molecular formula is C20H22N2O2. The van der Waals surface area contributed by atoms with Crippen LogP contribution in [-0.2, 0) is 4.79 Å². The average molecular weight is 322 g/mol. The van der Waals surface area contributed by atoms with Gasteiger partial charge in [0.1, 0.15) is 6.04 Å². The molecule has 0 spiro atoms. The number of nitrogens with one attached hydrogen (secondary N) is 1. The third-order valence-corrected chi connectivity index (χ3v) is 4.33. The Morgan fingerprint density at radius 2 is 1.71 bits per heavy atom. The second-order valence-corrected chi connectivity index (χ2v) is 6.39. The minimum Gasteiger partial charge on any atom is -0.327 e. The molecule has 0 aliphatic carbocycles. The van der Waals surface area contributed by atoms with Gasteiger partial charge in [-0.15, -0.1) is 0 Å². The van der Waals surface area contributed by atoms with Gasteiger partial charge in [0.15, 0.2) is 0 Å². The van der Waals surface area contributed by atoms with E-state index in [2.05, 4.69) is 11.4 Å². The Hall–Kier alpha value is -2.62. The normalized spacial score (nSPS) is 16.9. The number of anilines is 1. The fourth-order valence-corrected chi connectivity index (χ4v) is 3.30. The average Bonchev–Trinajstić information content (AvgIpc) is 3.03. The van der Waals surface area contributed by atoms with Crippen LogP contribution in [-0.4, -0.2) is 29.3 Å². The lowest BCUT2D eigenvalue weighted by atomic mass is 10.1. The van der Waals surface area contributed by atoms with Gasteiger partial charge in [-0.1, -0.05) is 24.3 Å². The number of rotatable bonds is 3. The van der Waals surface area contributed by atoms with E-state index >= 15 is 0 Å². The second kappa shape index (κ2) is 6.87. The monoisotopic (exact) mass is 322 g/mol. The molecule has 1 N–H and O–H groups in total. The molecule has 1 atom stereocenters. The number of aryl methyl sites for hydroxylation is 2. The number of amides is 2. The lowest BCUT2D eigenvalue weighted by Crippen LogP contribution is -2.43. The molecule has 1 aliphatic rings. The molecule has 2 amide bonds. The van der Waals surface area contributed by atoms with E-state index in [1.807, 2.05) is 44.2 Å². The van der Waals surface area contributed by atoms with Crippen molar-refractivity contribution in [2.45, 2.75) is 32.7 Å². The Balaban J connectivity index is 1.75. The number of carbonyl (C=O) groups is 2. The van der Waals surface area contributed by atoms with Gasteiger partial charge < -0.3 is 10.2 Å². The molecule has 3 rings (SSSR count). The highest BCUT2D eigenvalue weighted by atomic mass is 16.2. The summed E-state index contributed by atoms with van der Waals surface area (Å²) >= 11 is 0. The van der Waals surface area contributed by atoms with Gasteiger partial charge in [-0.2, -0.15) is 0 Å². The largest absolute Gasteiger partial charge is 0.327 e. The minimum absolute atomic E-state index is 0.0753. The van der Waals surface area contributed by atoms with E-state index in [9.17, 15) is 9.59 Å². The lowest BCUT2D eigenvalue weighted by molar-refractivity contribution is -0.119. The Labute approximate surface area is 142 Å². The molecule has 0 bridgehead atoms. The second-order valence-electron chi connectivity index (χ2n) is 6.39. The quantitative estimate of drug-likeness (QED) is 0.939. The number of carbonyl (C=O) groups excluding carboxylic acids is 2. The van der Waals surface area contributed by atoms with Gasteiger partial charge in [0.2, 0.25) is 5.91 Å². The van der Waals surface area contributed by atoms with Crippen molar-refractivity contribution in [1.29, 1.82) is 0 Å². The van der Waals surface area contributed by atoms with Crippen LogP contribution < -0.4 is 5.32 Å². The molecule has 4 heteroatoms. The molecule has 0 aromatic heterocycles. The fraction of sp³-hybridized carbons (Fsp3) is 0.300. The van der Waals surface area contributed by atoms with Gasteiger partial charge in [0, 0.05) is 17.8 Å². The van der Waals surface area contributed by atoms with Crippen LogP contribution in [0.2, 0.25) is 0 Å². The summed E-state index contributed by atoms with van der Waals surface area (Å²) in [5.41, 5.74) is 3.63. The van der Waals surface area contributed by atoms with Crippen LogP contribution in [0, 0.1) is 13.8 Å². The topological polar surface area (TPSA) is 49.4 Å². The summed E-state index contributed by atoms with van der Waals surface area (Å²) in [6.45, 7) is 4.63. The maximum absolute atomic E-state index is 12.7. The summed E-state index contributed by atoms with van der Waals surface area (Å²) in [6, 6.07) is 14.7. The molecule has 124 valence electrons. The fourth-order valence-electron chi connectivity index (χ4n) is 3.30. The number of likely N-dealkylation sites (tertiary alicyclic amines) is 1. The van der Waals surface area contributed by atoms with Crippen molar-refractivity contribution in [1.82, 2.24) is 4.90 Å². The smallest absolute Gasteiger partial charge is 0.254 e. The highest BCUT2D eigenvalue weighted by molar-refractivity contribution is 6.01. The van der Waals surface area contributed by atoms with Crippen molar-refractivity contribution < 1.29 is 9.59 Å². The van der Waals surface area contributed by atoms with E-state index < -0.39 is 6.04 Å². The van der Waals surface area contributed by atoms with Crippen molar-refractivity contribution in [2.24, 2.45) is 0 Å². The predicted molar refractivity (Wildman–Crippen MR) is 95.0 cm³/mol. The number of nitrogens with zero attached hydrogens (tertiary/aromatic N) is 1. The van der Waals surface area contributed by atoms with Crippen LogP contribution in [0.4, 0.5) is 5.69 Å². The van der Waals surface area contributed by atoms with Crippen molar-refractivity contribution in [3.63, 3.8) is 0 Å². The van der Waals surface area contributed by atoms with E-state index in [4.69, 9.17) is 0 Å². The molecule has 0 saturated carbocycles. The van der Waals surface area contributed by atoms with Crippen molar-refractivity contribution >= 4 is 17.5 Å². The Bertz CT molecular complexity index is 735. The molecule has 1 fully saturated rings. The molecule has 2 aromatic rings. The van der Waals surface area contributed by atoms with Crippen molar-refractivity contribution in [3.8, 4) is 0 Å². The highest BCUT2D eigenvalue weighted by Gasteiger charge is 2.34. The van der Waals surface area contributed by atoms with Crippen LogP contribution in [0.3, 0.4) is 0 Å². The molecule has 1 aliphatic heterocycles. The zero-order valence-electron chi connectivity index (χ0n) is 14.1. The van der Waals surface area contributed by atoms with Crippen LogP contribution >= 0.6 is 0 Å². The van der Waals surface area contributed by atoms with Gasteiger partial charge in [-0.3, -0.25) is 9.59 Å². The highest BCUT2D eigenvalue weighted by Crippen LogP contribution is 2.22. The summed E-state index contributed by atoms with van der Waals surface area (Å²) in [5, 5.41) is 2.97. The standard InChI is InChI=1S/C20H22N2O2/c1-14-11-15(2)13-17(12-14)21-19(23)18-9-6-10-22(18)20(24)16-7-4-3-5-8-16/h3-5,7-8,11-13,18H,6,9-10H2,1-2H3,(H,21,23)/t18-/m0/s1. The molecule has 0 unspecified atom stereocenters. The van der Waals surface area contributed by atoms with Crippen LogP contribution in [0.5, 0.6) is 0 Å². The van der Waals surface area contributed by atoms with Crippen LogP contribution in [0.25, 0.3) is 0 Å². The Morgan fingerprint density at radius 1 is 1.04 bits per heavy atom. The van der Waals surface area contributed by atoms with Gasteiger partial charge in [0.25, 0.3) is 5.91 Å². The lowest BCUT2D eigenvalue weighted by Gasteiger charge is -2.24. The Morgan fingerprint density at radius 3 is 2.38 bits per heavy atom. The summed E-state index contributed by atoms with van der Waals surface area (Å²) in [5.74, 6) is -0.185. The summed E-state index contributed by atoms with van der Waals surface area (Å²) in [7, 11) is 0. The predicted octanol–water partition coefficient (Wildman–Crippen LogP) is 3.55. The molecule has 1 saturated heterocycles.